The van der Waals surface area contributed by atoms with Crippen LogP contribution >= 0.6 is 0 Å². The number of hydrogen-bond donors (Lipinski definition) is 2. The molecule has 2 aromatic carbocycles. The molecular weight excluding hydrogens is 382 g/mol. The topological polar surface area (TPSA) is 88.5 Å². The first-order valence-electron chi connectivity index (χ1n) is 10.1. The number of carbonyl (C=O) groups excluding carboxylic acids is 1. The Kier molecular flexibility index (Phi) is 6.06. The van der Waals surface area contributed by atoms with Gasteiger partial charge in [-0.3, -0.25) is 29.9 Å². The molecule has 0 spiro atoms. The zero-order valence-electron chi connectivity index (χ0n) is 16.9. The molecule has 1 aliphatic heterocycles. The van der Waals surface area contributed by atoms with Crippen molar-refractivity contribution in [3.8, 4) is 0 Å². The second kappa shape index (κ2) is 9.06. The van der Waals surface area contributed by atoms with E-state index in [-0.39, 0.29) is 11.5 Å². The molecule has 1 saturated heterocycles. The van der Waals surface area contributed by atoms with E-state index >= 15 is 0 Å². The number of hydrazine groups is 1. The summed E-state index contributed by atoms with van der Waals surface area (Å²) in [6, 6.07) is 14.7. The van der Waals surface area contributed by atoms with E-state index in [2.05, 4.69) is 20.7 Å². The number of rotatable bonds is 6. The Hall–Kier alpha value is -3.23. The van der Waals surface area contributed by atoms with Gasteiger partial charge in [-0.15, -0.1) is 0 Å². The molecule has 2 N–H and O–H groups in total. The molecule has 2 heterocycles. The van der Waals surface area contributed by atoms with E-state index in [1.807, 2.05) is 37.3 Å². The van der Waals surface area contributed by atoms with Crippen LogP contribution in [-0.2, 0) is 17.8 Å². The van der Waals surface area contributed by atoms with Crippen LogP contribution in [0.2, 0.25) is 0 Å². The number of nitrogens with one attached hydrogen (secondary N) is 2. The molecule has 0 saturated carbocycles. The van der Waals surface area contributed by atoms with Crippen LogP contribution in [0.4, 0.5) is 5.95 Å². The Morgan fingerprint density at radius 3 is 2.73 bits per heavy atom. The molecule has 0 radical (unpaired) electrons. The summed E-state index contributed by atoms with van der Waals surface area (Å²) in [6.07, 6.45) is 0. The van der Waals surface area contributed by atoms with Crippen LogP contribution in [0.25, 0.3) is 10.9 Å². The van der Waals surface area contributed by atoms with Gasteiger partial charge >= 0.3 is 0 Å². The first kappa shape index (κ1) is 20.1. The molecule has 0 bridgehead atoms. The van der Waals surface area contributed by atoms with Crippen LogP contribution in [0.3, 0.4) is 0 Å². The molecule has 0 atom stereocenters. The van der Waals surface area contributed by atoms with Crippen molar-refractivity contribution in [1.82, 2.24) is 19.9 Å². The van der Waals surface area contributed by atoms with Gasteiger partial charge in [-0.05, 0) is 36.8 Å². The molecule has 3 aromatic rings. The third-order valence-corrected chi connectivity index (χ3v) is 5.16. The average molecular weight is 407 g/mol. The first-order chi connectivity index (χ1) is 14.7. The van der Waals surface area contributed by atoms with E-state index in [1.165, 1.54) is 4.57 Å². The maximum Gasteiger partial charge on any atom is 0.269 e. The summed E-state index contributed by atoms with van der Waals surface area (Å²) in [7, 11) is 0. The first-order valence-corrected chi connectivity index (χ1v) is 10.1. The van der Waals surface area contributed by atoms with Gasteiger partial charge in [0, 0.05) is 31.7 Å². The highest BCUT2D eigenvalue weighted by Gasteiger charge is 2.14. The zero-order valence-corrected chi connectivity index (χ0v) is 16.9. The van der Waals surface area contributed by atoms with E-state index in [0.717, 1.165) is 38.4 Å². The molecule has 156 valence electrons. The number of carbonyl (C=O) groups is 1. The van der Waals surface area contributed by atoms with Gasteiger partial charge in [0.2, 0.25) is 5.95 Å². The monoisotopic (exact) mass is 407 g/mol. The normalized spacial score (nSPS) is 14.6. The molecule has 1 amide bonds. The highest BCUT2D eigenvalue weighted by molar-refractivity contribution is 5.95. The van der Waals surface area contributed by atoms with Crippen LogP contribution in [0.5, 0.6) is 0 Å². The summed E-state index contributed by atoms with van der Waals surface area (Å²) >= 11 is 0. The molecule has 4 rings (SSSR count). The lowest BCUT2D eigenvalue weighted by molar-refractivity contribution is 0.0342. The van der Waals surface area contributed by atoms with Crippen LogP contribution in [0, 0.1) is 0 Å². The van der Waals surface area contributed by atoms with E-state index < -0.39 is 0 Å². The minimum atomic E-state index is -0.288. The fourth-order valence-corrected chi connectivity index (χ4v) is 3.57. The van der Waals surface area contributed by atoms with Gasteiger partial charge in [0.1, 0.15) is 0 Å². The van der Waals surface area contributed by atoms with Gasteiger partial charge in [0.15, 0.2) is 0 Å². The molecule has 8 heteroatoms. The largest absolute Gasteiger partial charge is 0.379 e. The third-order valence-electron chi connectivity index (χ3n) is 5.16. The highest BCUT2D eigenvalue weighted by atomic mass is 16.5. The van der Waals surface area contributed by atoms with Crippen molar-refractivity contribution in [2.24, 2.45) is 0 Å². The number of nitrogens with zero attached hydrogens (tertiary/aromatic N) is 3. The Balaban J connectivity index is 1.48. The summed E-state index contributed by atoms with van der Waals surface area (Å²) < 4.78 is 6.88. The SMILES string of the molecule is CCn1c(NNC(=O)c2cccc(CN3CCOCC3)c2)nc2ccccc2c1=O. The fourth-order valence-electron chi connectivity index (χ4n) is 3.57. The number of benzene rings is 2. The minimum Gasteiger partial charge on any atom is -0.379 e. The van der Waals surface area contributed by atoms with Crippen molar-refractivity contribution in [3.05, 3.63) is 70.0 Å². The lowest BCUT2D eigenvalue weighted by atomic mass is 10.1. The number of anilines is 1. The lowest BCUT2D eigenvalue weighted by Crippen LogP contribution is -2.36. The summed E-state index contributed by atoms with van der Waals surface area (Å²) in [5.41, 5.74) is 7.53. The van der Waals surface area contributed by atoms with Gasteiger partial charge in [-0.2, -0.15) is 0 Å². The number of fused-ring (bicyclic) bond motifs is 1. The summed E-state index contributed by atoms with van der Waals surface area (Å²) in [5.74, 6) is 0.0166. The van der Waals surface area contributed by atoms with Crippen molar-refractivity contribution in [2.45, 2.75) is 20.0 Å². The third kappa shape index (κ3) is 4.34. The molecule has 30 heavy (non-hydrogen) atoms. The van der Waals surface area contributed by atoms with Gasteiger partial charge in [-0.1, -0.05) is 24.3 Å². The fraction of sp³-hybridized carbons (Fsp3) is 0.318. The highest BCUT2D eigenvalue weighted by Crippen LogP contribution is 2.12. The van der Waals surface area contributed by atoms with Crippen LogP contribution in [0.1, 0.15) is 22.8 Å². The van der Waals surface area contributed by atoms with E-state index in [0.29, 0.717) is 29.0 Å². The van der Waals surface area contributed by atoms with Crippen LogP contribution in [-0.4, -0.2) is 46.7 Å². The van der Waals surface area contributed by atoms with Crippen LogP contribution in [0.15, 0.2) is 53.3 Å². The molecule has 0 aliphatic carbocycles. The molecular formula is C22H25N5O3. The van der Waals surface area contributed by atoms with E-state index in [1.54, 1.807) is 18.2 Å². The van der Waals surface area contributed by atoms with Gasteiger partial charge in [-0.25, -0.2) is 4.98 Å². The van der Waals surface area contributed by atoms with Crippen molar-refractivity contribution in [3.63, 3.8) is 0 Å². The van der Waals surface area contributed by atoms with Crippen molar-refractivity contribution in [2.75, 3.05) is 31.7 Å². The Bertz CT molecular complexity index is 1110. The minimum absolute atomic E-state index is 0.146. The summed E-state index contributed by atoms with van der Waals surface area (Å²) in [5, 5.41) is 0.548. The quantitative estimate of drug-likeness (QED) is 0.608. The number of ether oxygens (including phenoxy) is 1. The number of morpholine rings is 1. The maximum atomic E-state index is 12.7. The standard InChI is InChI=1S/C22H25N5O3/c1-2-27-21(29)18-8-3-4-9-19(18)23-22(27)25-24-20(28)17-7-5-6-16(14-17)15-26-10-12-30-13-11-26/h3-9,14H,2,10-13,15H2,1H3,(H,23,25)(H,24,28). The Labute approximate surface area is 174 Å². The molecule has 1 fully saturated rings. The van der Waals surface area contributed by atoms with Crippen molar-refractivity contribution >= 4 is 22.8 Å². The number of hydrogen-bond acceptors (Lipinski definition) is 6. The lowest BCUT2D eigenvalue weighted by Gasteiger charge is -2.26. The average Bonchev–Trinajstić information content (AvgIpc) is 2.78. The predicted octanol–water partition coefficient (Wildman–Crippen LogP) is 2.01. The van der Waals surface area contributed by atoms with Crippen molar-refractivity contribution < 1.29 is 9.53 Å². The summed E-state index contributed by atoms with van der Waals surface area (Å²) in [4.78, 5) is 32.2. The Morgan fingerprint density at radius 1 is 1.13 bits per heavy atom. The Morgan fingerprint density at radius 2 is 1.93 bits per heavy atom. The molecule has 8 nitrogen and oxygen atoms in total. The van der Waals surface area contributed by atoms with Gasteiger partial charge in [0.25, 0.3) is 11.5 Å². The summed E-state index contributed by atoms with van der Waals surface area (Å²) in [6.45, 7) is 6.33. The number of para-hydroxylation sites is 1. The second-order valence-corrected chi connectivity index (χ2v) is 7.17. The van der Waals surface area contributed by atoms with E-state index in [4.69, 9.17) is 4.74 Å². The maximum absolute atomic E-state index is 12.7. The van der Waals surface area contributed by atoms with Crippen molar-refractivity contribution in [1.29, 1.82) is 0 Å². The number of amides is 1. The molecule has 1 aromatic heterocycles. The van der Waals surface area contributed by atoms with Crippen LogP contribution < -0.4 is 16.4 Å². The smallest absolute Gasteiger partial charge is 0.269 e. The van der Waals surface area contributed by atoms with Gasteiger partial charge in [0.05, 0.1) is 24.1 Å². The molecule has 0 unspecified atom stereocenters. The second-order valence-electron chi connectivity index (χ2n) is 7.17. The zero-order chi connectivity index (χ0) is 20.9. The molecule has 1 aliphatic rings. The number of aromatic nitrogens is 2. The van der Waals surface area contributed by atoms with E-state index in [9.17, 15) is 9.59 Å². The van der Waals surface area contributed by atoms with Gasteiger partial charge < -0.3 is 4.74 Å². The predicted molar refractivity (Wildman–Crippen MR) is 115 cm³/mol.